The SMILES string of the molecule is CCOC(=O)CN[C@@H](C)C(=O)N1CC[C@]2(C)CCCC[C@H]12. The van der Waals surface area contributed by atoms with E-state index < -0.39 is 0 Å². The number of rotatable bonds is 5. The standard InChI is InChI=1S/C16H28N2O3/c1-4-21-14(19)11-17-12(2)15(20)18-10-9-16(3)8-6-5-7-13(16)18/h12-13,17H,4-11H2,1-3H3/t12-,13-,16-/m0/s1. The molecule has 2 fully saturated rings. The van der Waals surface area contributed by atoms with E-state index in [0.717, 1.165) is 19.4 Å². The Hall–Kier alpha value is -1.10. The highest BCUT2D eigenvalue weighted by atomic mass is 16.5. The highest BCUT2D eigenvalue weighted by Gasteiger charge is 2.47. The molecule has 0 unspecified atom stereocenters. The van der Waals surface area contributed by atoms with Gasteiger partial charge in [0.2, 0.25) is 5.91 Å². The van der Waals surface area contributed by atoms with E-state index in [-0.39, 0.29) is 24.5 Å². The summed E-state index contributed by atoms with van der Waals surface area (Å²) in [6.07, 6.45) is 5.95. The fourth-order valence-electron chi connectivity index (χ4n) is 3.79. The predicted octanol–water partition coefficient (Wildman–Crippen LogP) is 1.71. The zero-order valence-corrected chi connectivity index (χ0v) is 13.5. The first-order valence-electron chi connectivity index (χ1n) is 8.17. The molecule has 21 heavy (non-hydrogen) atoms. The van der Waals surface area contributed by atoms with Crippen LogP contribution in [0.15, 0.2) is 0 Å². The molecule has 1 amide bonds. The van der Waals surface area contributed by atoms with Gasteiger partial charge in [-0.15, -0.1) is 0 Å². The maximum absolute atomic E-state index is 12.6. The summed E-state index contributed by atoms with van der Waals surface area (Å²) < 4.78 is 4.87. The summed E-state index contributed by atoms with van der Waals surface area (Å²) in [6, 6.07) is 0.0456. The van der Waals surface area contributed by atoms with Gasteiger partial charge >= 0.3 is 5.97 Å². The molecule has 2 aliphatic rings. The second-order valence-electron chi connectivity index (χ2n) is 6.60. The fraction of sp³-hybridized carbons (Fsp3) is 0.875. The van der Waals surface area contributed by atoms with Crippen LogP contribution in [0, 0.1) is 5.41 Å². The van der Waals surface area contributed by atoms with Crippen LogP contribution in [-0.4, -0.2) is 48.6 Å². The van der Waals surface area contributed by atoms with Crippen LogP contribution in [-0.2, 0) is 14.3 Å². The molecule has 1 saturated carbocycles. The monoisotopic (exact) mass is 296 g/mol. The number of nitrogens with one attached hydrogen (secondary N) is 1. The largest absolute Gasteiger partial charge is 0.465 e. The first-order chi connectivity index (χ1) is 9.98. The summed E-state index contributed by atoms with van der Waals surface area (Å²) in [5.74, 6) is -0.184. The number of hydrogen-bond acceptors (Lipinski definition) is 4. The third-order valence-electron chi connectivity index (χ3n) is 5.09. The number of nitrogens with zero attached hydrogens (tertiary/aromatic N) is 1. The number of hydrogen-bond donors (Lipinski definition) is 1. The summed E-state index contributed by atoms with van der Waals surface area (Å²) in [6.45, 7) is 7.25. The fourth-order valence-corrected chi connectivity index (χ4v) is 3.79. The lowest BCUT2D eigenvalue weighted by Crippen LogP contribution is -2.50. The normalized spacial score (nSPS) is 29.9. The average molecular weight is 296 g/mol. The lowest BCUT2D eigenvalue weighted by atomic mass is 9.72. The van der Waals surface area contributed by atoms with Crippen molar-refractivity contribution in [1.82, 2.24) is 10.2 Å². The first kappa shape index (κ1) is 16.3. The van der Waals surface area contributed by atoms with Crippen molar-refractivity contribution in [3.8, 4) is 0 Å². The molecule has 0 aromatic carbocycles. The van der Waals surface area contributed by atoms with Gasteiger partial charge in [-0.25, -0.2) is 0 Å². The molecule has 120 valence electrons. The minimum Gasteiger partial charge on any atom is -0.465 e. The van der Waals surface area contributed by atoms with Crippen LogP contribution in [0.5, 0.6) is 0 Å². The van der Waals surface area contributed by atoms with Gasteiger partial charge in [-0.2, -0.15) is 0 Å². The van der Waals surface area contributed by atoms with Crippen molar-refractivity contribution in [3.05, 3.63) is 0 Å². The molecule has 0 spiro atoms. The number of ether oxygens (including phenoxy) is 1. The van der Waals surface area contributed by atoms with Gasteiger partial charge in [-0.1, -0.05) is 19.8 Å². The van der Waals surface area contributed by atoms with Gasteiger partial charge < -0.3 is 9.64 Å². The quantitative estimate of drug-likeness (QED) is 0.785. The number of fused-ring (bicyclic) bond motifs is 1. The molecule has 0 aromatic heterocycles. The molecule has 1 aliphatic carbocycles. The van der Waals surface area contributed by atoms with Crippen molar-refractivity contribution in [3.63, 3.8) is 0 Å². The highest BCUT2D eigenvalue weighted by molar-refractivity contribution is 5.83. The lowest BCUT2D eigenvalue weighted by Gasteiger charge is -2.40. The number of carbonyl (C=O) groups is 2. The zero-order chi connectivity index (χ0) is 15.5. The summed E-state index contributed by atoms with van der Waals surface area (Å²) in [5, 5.41) is 2.99. The molecule has 1 heterocycles. The average Bonchev–Trinajstić information content (AvgIpc) is 2.81. The summed E-state index contributed by atoms with van der Waals surface area (Å²) >= 11 is 0. The number of likely N-dealkylation sites (tertiary alicyclic amines) is 1. The van der Waals surface area contributed by atoms with Gasteiger partial charge in [-0.3, -0.25) is 14.9 Å². The van der Waals surface area contributed by atoms with Crippen LogP contribution >= 0.6 is 0 Å². The second-order valence-corrected chi connectivity index (χ2v) is 6.60. The van der Waals surface area contributed by atoms with Crippen LogP contribution in [0.1, 0.15) is 52.9 Å². The van der Waals surface area contributed by atoms with Gasteiger partial charge in [0.25, 0.3) is 0 Å². The van der Waals surface area contributed by atoms with E-state index in [4.69, 9.17) is 4.74 Å². The smallest absolute Gasteiger partial charge is 0.319 e. The Kier molecular flexibility index (Phi) is 5.25. The van der Waals surface area contributed by atoms with Gasteiger partial charge in [0.1, 0.15) is 0 Å². The van der Waals surface area contributed by atoms with Crippen LogP contribution < -0.4 is 5.32 Å². The van der Waals surface area contributed by atoms with E-state index in [0.29, 0.717) is 18.1 Å². The Balaban J connectivity index is 1.89. The van der Waals surface area contributed by atoms with Gasteiger partial charge in [0.05, 0.1) is 19.2 Å². The number of esters is 1. The molecular formula is C16H28N2O3. The third-order valence-corrected chi connectivity index (χ3v) is 5.09. The Morgan fingerprint density at radius 2 is 2.14 bits per heavy atom. The molecule has 0 aromatic rings. The molecule has 3 atom stereocenters. The lowest BCUT2D eigenvalue weighted by molar-refractivity contribution is -0.142. The van der Waals surface area contributed by atoms with Crippen LogP contribution in [0.3, 0.4) is 0 Å². The summed E-state index contributed by atoms with van der Waals surface area (Å²) in [5.41, 5.74) is 0.300. The molecule has 0 bridgehead atoms. The van der Waals surface area contributed by atoms with Crippen molar-refractivity contribution < 1.29 is 14.3 Å². The maximum atomic E-state index is 12.6. The number of carbonyl (C=O) groups excluding carboxylic acids is 2. The Morgan fingerprint density at radius 1 is 1.38 bits per heavy atom. The van der Waals surface area contributed by atoms with E-state index in [1.807, 2.05) is 11.8 Å². The van der Waals surface area contributed by atoms with Crippen molar-refractivity contribution >= 4 is 11.9 Å². The van der Waals surface area contributed by atoms with Gasteiger partial charge in [-0.05, 0) is 38.5 Å². The minimum absolute atomic E-state index is 0.0938. The predicted molar refractivity (Wildman–Crippen MR) is 80.8 cm³/mol. The van der Waals surface area contributed by atoms with Crippen molar-refractivity contribution in [2.45, 2.75) is 65.0 Å². The van der Waals surface area contributed by atoms with Crippen molar-refractivity contribution in [2.75, 3.05) is 19.7 Å². The zero-order valence-electron chi connectivity index (χ0n) is 13.5. The van der Waals surface area contributed by atoms with Crippen molar-refractivity contribution in [1.29, 1.82) is 0 Å². The van der Waals surface area contributed by atoms with Crippen LogP contribution in [0.4, 0.5) is 0 Å². The third kappa shape index (κ3) is 3.57. The molecule has 0 radical (unpaired) electrons. The molecule has 1 N–H and O–H groups in total. The van der Waals surface area contributed by atoms with E-state index in [1.54, 1.807) is 6.92 Å². The topological polar surface area (TPSA) is 58.6 Å². The second kappa shape index (κ2) is 6.77. The Morgan fingerprint density at radius 3 is 2.86 bits per heavy atom. The summed E-state index contributed by atoms with van der Waals surface area (Å²) in [4.78, 5) is 26.0. The van der Waals surface area contributed by atoms with E-state index in [1.165, 1.54) is 19.3 Å². The highest BCUT2D eigenvalue weighted by Crippen LogP contribution is 2.46. The van der Waals surface area contributed by atoms with Gasteiger partial charge in [0.15, 0.2) is 0 Å². The number of amides is 1. The maximum Gasteiger partial charge on any atom is 0.319 e. The molecule has 2 rings (SSSR count). The molecule has 1 aliphatic heterocycles. The van der Waals surface area contributed by atoms with E-state index in [2.05, 4.69) is 12.2 Å². The summed E-state index contributed by atoms with van der Waals surface area (Å²) in [7, 11) is 0. The van der Waals surface area contributed by atoms with Crippen molar-refractivity contribution in [2.24, 2.45) is 5.41 Å². The van der Waals surface area contributed by atoms with Crippen LogP contribution in [0.25, 0.3) is 0 Å². The Labute approximate surface area is 127 Å². The minimum atomic E-state index is -0.335. The van der Waals surface area contributed by atoms with Gasteiger partial charge in [0, 0.05) is 12.6 Å². The van der Waals surface area contributed by atoms with E-state index in [9.17, 15) is 9.59 Å². The first-order valence-corrected chi connectivity index (χ1v) is 8.17. The molecule has 5 heteroatoms. The molecule has 5 nitrogen and oxygen atoms in total. The Bertz CT molecular complexity index is 399. The molecule has 1 saturated heterocycles. The molecular weight excluding hydrogens is 268 g/mol. The van der Waals surface area contributed by atoms with E-state index >= 15 is 0 Å². The van der Waals surface area contributed by atoms with Crippen LogP contribution in [0.2, 0.25) is 0 Å².